The Morgan fingerprint density at radius 3 is 2.62 bits per heavy atom. The molecule has 0 aliphatic heterocycles. The summed E-state index contributed by atoms with van der Waals surface area (Å²) in [5, 5.41) is 3.29. The zero-order valence-electron chi connectivity index (χ0n) is 12.1. The first-order valence-electron chi connectivity index (χ1n) is 6.98. The van der Waals surface area contributed by atoms with Crippen LogP contribution in [0, 0.1) is 18.6 Å². The maximum Gasteiger partial charge on any atom is 0.163 e. The lowest BCUT2D eigenvalue weighted by Gasteiger charge is -2.21. The number of hydrogen-bond acceptors (Lipinski definition) is 1. The van der Waals surface area contributed by atoms with Crippen LogP contribution in [0.3, 0.4) is 0 Å². The minimum absolute atomic E-state index is 0.333. The van der Waals surface area contributed by atoms with Crippen molar-refractivity contribution in [2.24, 2.45) is 0 Å². The fourth-order valence-corrected chi connectivity index (χ4v) is 2.62. The van der Waals surface area contributed by atoms with Crippen LogP contribution in [-0.2, 0) is 0 Å². The number of halogens is 3. The van der Waals surface area contributed by atoms with E-state index in [1.54, 1.807) is 6.07 Å². The van der Waals surface area contributed by atoms with Crippen LogP contribution in [0.25, 0.3) is 0 Å². The molecule has 1 unspecified atom stereocenters. The Balaban J connectivity index is 2.47. The summed E-state index contributed by atoms with van der Waals surface area (Å²) in [4.78, 5) is 0. The van der Waals surface area contributed by atoms with Gasteiger partial charge in [0, 0.05) is 10.0 Å². The third-order valence-electron chi connectivity index (χ3n) is 3.42. The highest BCUT2D eigenvalue weighted by Gasteiger charge is 2.19. The van der Waals surface area contributed by atoms with E-state index >= 15 is 0 Å². The molecule has 0 fully saturated rings. The summed E-state index contributed by atoms with van der Waals surface area (Å²) in [6, 6.07) is 9.80. The van der Waals surface area contributed by atoms with Gasteiger partial charge in [-0.2, -0.15) is 0 Å². The van der Waals surface area contributed by atoms with Gasteiger partial charge in [0.25, 0.3) is 0 Å². The highest BCUT2D eigenvalue weighted by Crippen LogP contribution is 2.29. The molecule has 0 saturated heterocycles. The van der Waals surface area contributed by atoms with Crippen LogP contribution in [0.2, 0.25) is 0 Å². The zero-order valence-corrected chi connectivity index (χ0v) is 13.7. The maximum atomic E-state index is 14.1. The summed E-state index contributed by atoms with van der Waals surface area (Å²) in [6.07, 6.45) is 0.917. The van der Waals surface area contributed by atoms with Crippen molar-refractivity contribution in [1.82, 2.24) is 5.32 Å². The van der Waals surface area contributed by atoms with E-state index in [2.05, 4.69) is 21.2 Å². The molecule has 2 aromatic carbocycles. The van der Waals surface area contributed by atoms with Crippen LogP contribution in [0.1, 0.15) is 36.1 Å². The molecule has 0 amide bonds. The van der Waals surface area contributed by atoms with Gasteiger partial charge in [0.05, 0.1) is 6.04 Å². The Morgan fingerprint density at radius 1 is 1.19 bits per heavy atom. The summed E-state index contributed by atoms with van der Waals surface area (Å²) in [6.45, 7) is 4.76. The van der Waals surface area contributed by atoms with Crippen molar-refractivity contribution in [2.45, 2.75) is 26.3 Å². The summed E-state index contributed by atoms with van der Waals surface area (Å²) < 4.78 is 28.6. The summed E-state index contributed by atoms with van der Waals surface area (Å²) >= 11 is 3.49. The molecular formula is C17H18BrF2N. The molecule has 0 aliphatic rings. The standard InChI is InChI=1S/C17H18BrF2N/c1-3-9-21-17(12-8-7-11(2)14(18)10-12)13-5-4-6-15(19)16(13)20/h4-8,10,17,21H,3,9H2,1-2H3. The molecule has 0 aliphatic carbocycles. The van der Waals surface area contributed by atoms with Gasteiger partial charge in [0.2, 0.25) is 0 Å². The lowest BCUT2D eigenvalue weighted by atomic mass is 9.97. The van der Waals surface area contributed by atoms with Crippen molar-refractivity contribution in [1.29, 1.82) is 0 Å². The molecule has 112 valence electrons. The number of rotatable bonds is 5. The second-order valence-corrected chi connectivity index (χ2v) is 5.89. The van der Waals surface area contributed by atoms with Gasteiger partial charge >= 0.3 is 0 Å². The van der Waals surface area contributed by atoms with E-state index in [0.717, 1.165) is 34.6 Å². The molecule has 1 N–H and O–H groups in total. The molecular weight excluding hydrogens is 336 g/mol. The maximum absolute atomic E-state index is 14.1. The second-order valence-electron chi connectivity index (χ2n) is 5.04. The molecule has 0 bridgehead atoms. The molecule has 0 heterocycles. The van der Waals surface area contributed by atoms with Gasteiger partial charge in [0.15, 0.2) is 11.6 Å². The van der Waals surface area contributed by atoms with Crippen LogP contribution < -0.4 is 5.32 Å². The lowest BCUT2D eigenvalue weighted by molar-refractivity contribution is 0.480. The van der Waals surface area contributed by atoms with Crippen LogP contribution >= 0.6 is 15.9 Å². The van der Waals surface area contributed by atoms with Crippen molar-refractivity contribution >= 4 is 15.9 Å². The van der Waals surface area contributed by atoms with Crippen LogP contribution in [0.15, 0.2) is 40.9 Å². The first-order chi connectivity index (χ1) is 10.0. The molecule has 0 radical (unpaired) electrons. The first-order valence-corrected chi connectivity index (χ1v) is 7.77. The van der Waals surface area contributed by atoms with Crippen molar-refractivity contribution in [2.75, 3.05) is 6.54 Å². The minimum Gasteiger partial charge on any atom is -0.306 e. The molecule has 0 spiro atoms. The second kappa shape index (κ2) is 7.14. The highest BCUT2D eigenvalue weighted by molar-refractivity contribution is 9.10. The molecule has 2 aromatic rings. The molecule has 21 heavy (non-hydrogen) atoms. The van der Waals surface area contributed by atoms with Crippen LogP contribution in [0.4, 0.5) is 8.78 Å². The summed E-state index contributed by atoms with van der Waals surface area (Å²) in [5.41, 5.74) is 2.34. The Morgan fingerprint density at radius 2 is 1.95 bits per heavy atom. The number of benzene rings is 2. The smallest absolute Gasteiger partial charge is 0.163 e. The molecule has 2 rings (SSSR count). The lowest BCUT2D eigenvalue weighted by Crippen LogP contribution is -2.24. The normalized spacial score (nSPS) is 12.4. The predicted molar refractivity (Wildman–Crippen MR) is 85.4 cm³/mol. The Labute approximate surface area is 132 Å². The van der Waals surface area contributed by atoms with Gasteiger partial charge in [-0.1, -0.05) is 47.1 Å². The number of hydrogen-bond donors (Lipinski definition) is 1. The SMILES string of the molecule is CCCNC(c1ccc(C)c(Br)c1)c1cccc(F)c1F. The zero-order chi connectivity index (χ0) is 15.4. The molecule has 0 saturated carbocycles. The first kappa shape index (κ1) is 16.1. The van der Waals surface area contributed by atoms with Gasteiger partial charge in [-0.25, -0.2) is 8.78 Å². The van der Waals surface area contributed by atoms with E-state index in [0.29, 0.717) is 5.56 Å². The van der Waals surface area contributed by atoms with Gasteiger partial charge < -0.3 is 5.32 Å². The Bertz CT molecular complexity index is 628. The fraction of sp³-hybridized carbons (Fsp3) is 0.294. The number of nitrogens with one attached hydrogen (secondary N) is 1. The predicted octanol–water partition coefficient (Wildman–Crippen LogP) is 5.12. The van der Waals surface area contributed by atoms with Crippen molar-refractivity contribution < 1.29 is 8.78 Å². The van der Waals surface area contributed by atoms with Gasteiger partial charge in [-0.05, 0) is 43.1 Å². The minimum atomic E-state index is -0.818. The van der Waals surface area contributed by atoms with Crippen LogP contribution in [0.5, 0.6) is 0 Å². The summed E-state index contributed by atoms with van der Waals surface area (Å²) in [5.74, 6) is -1.61. The highest BCUT2D eigenvalue weighted by atomic mass is 79.9. The molecule has 1 atom stereocenters. The topological polar surface area (TPSA) is 12.0 Å². The molecule has 4 heteroatoms. The fourth-order valence-electron chi connectivity index (χ4n) is 2.23. The van der Waals surface area contributed by atoms with Gasteiger partial charge in [0.1, 0.15) is 0 Å². The summed E-state index contributed by atoms with van der Waals surface area (Å²) in [7, 11) is 0. The van der Waals surface area contributed by atoms with E-state index in [1.807, 2.05) is 32.0 Å². The van der Waals surface area contributed by atoms with E-state index in [9.17, 15) is 8.78 Å². The van der Waals surface area contributed by atoms with Gasteiger partial charge in [-0.15, -0.1) is 0 Å². The molecule has 1 nitrogen and oxygen atoms in total. The van der Waals surface area contributed by atoms with Crippen molar-refractivity contribution in [3.63, 3.8) is 0 Å². The largest absolute Gasteiger partial charge is 0.306 e. The average Bonchev–Trinajstić information content (AvgIpc) is 2.47. The van der Waals surface area contributed by atoms with Crippen molar-refractivity contribution in [3.05, 3.63) is 69.2 Å². The Hall–Kier alpha value is -1.26. The van der Waals surface area contributed by atoms with E-state index < -0.39 is 11.6 Å². The third kappa shape index (κ3) is 3.69. The van der Waals surface area contributed by atoms with E-state index in [4.69, 9.17) is 0 Å². The Kier molecular flexibility index (Phi) is 5.48. The average molecular weight is 354 g/mol. The van der Waals surface area contributed by atoms with Gasteiger partial charge in [-0.3, -0.25) is 0 Å². The molecule has 0 aromatic heterocycles. The van der Waals surface area contributed by atoms with E-state index in [-0.39, 0.29) is 6.04 Å². The van der Waals surface area contributed by atoms with Crippen molar-refractivity contribution in [3.8, 4) is 0 Å². The number of aryl methyl sites for hydroxylation is 1. The quantitative estimate of drug-likeness (QED) is 0.785. The third-order valence-corrected chi connectivity index (χ3v) is 4.27. The van der Waals surface area contributed by atoms with Crippen LogP contribution in [-0.4, -0.2) is 6.54 Å². The monoisotopic (exact) mass is 353 g/mol. The van der Waals surface area contributed by atoms with E-state index in [1.165, 1.54) is 6.07 Å².